The Morgan fingerprint density at radius 2 is 1.85 bits per heavy atom. The van der Waals surface area contributed by atoms with Crippen LogP contribution in [0.2, 0.25) is 0 Å². The van der Waals surface area contributed by atoms with Gasteiger partial charge in [-0.05, 0) is 18.6 Å². The third-order valence-corrected chi connectivity index (χ3v) is 1.12. The Morgan fingerprint density at radius 1 is 1.23 bits per heavy atom. The van der Waals surface area contributed by atoms with E-state index in [9.17, 15) is 4.79 Å². The molecule has 0 aromatic carbocycles. The maximum Gasteiger partial charge on any atom is 0.303 e. The first-order valence-corrected chi connectivity index (χ1v) is 3.95. The van der Waals surface area contributed by atoms with E-state index in [0.29, 0.717) is 6.42 Å². The molecule has 1 rings (SSSR count). The molecule has 0 saturated heterocycles. The van der Waals surface area contributed by atoms with Crippen LogP contribution in [0.5, 0.6) is 0 Å². The van der Waals surface area contributed by atoms with E-state index in [2.05, 4.69) is 4.98 Å². The highest BCUT2D eigenvalue weighted by Crippen LogP contribution is 1.83. The third-order valence-electron chi connectivity index (χ3n) is 1.12. The normalized spacial score (nSPS) is 8.38. The Bertz CT molecular complexity index is 187. The summed E-state index contributed by atoms with van der Waals surface area (Å²) in [5.74, 6) is -0.853. The van der Waals surface area contributed by atoms with E-state index in [1.165, 1.54) is 0 Å². The number of nitrogens with zero attached hydrogens (tertiary/aromatic N) is 1. The number of rotatable bonds is 3. The van der Waals surface area contributed by atoms with Gasteiger partial charge >= 0.3 is 5.97 Å². The molecule has 0 saturated carbocycles. The van der Waals surface area contributed by atoms with Crippen LogP contribution in [0.3, 0.4) is 0 Å². The SMILES string of the molecule is O=C(O)CCCO.c1ccncc1. The summed E-state index contributed by atoms with van der Waals surface area (Å²) in [5.41, 5.74) is 0. The molecule has 1 aromatic heterocycles. The molecule has 4 heteroatoms. The molecule has 0 amide bonds. The lowest BCUT2D eigenvalue weighted by atomic mass is 10.3. The van der Waals surface area contributed by atoms with E-state index in [-0.39, 0.29) is 13.0 Å². The third kappa shape index (κ3) is 10.6. The Kier molecular flexibility index (Phi) is 7.73. The first-order valence-electron chi connectivity index (χ1n) is 3.95. The van der Waals surface area contributed by atoms with Gasteiger partial charge in [-0.3, -0.25) is 9.78 Å². The molecule has 1 aromatic rings. The van der Waals surface area contributed by atoms with E-state index >= 15 is 0 Å². The van der Waals surface area contributed by atoms with Crippen molar-refractivity contribution in [2.24, 2.45) is 0 Å². The lowest BCUT2D eigenvalue weighted by Crippen LogP contribution is -1.95. The summed E-state index contributed by atoms with van der Waals surface area (Å²) in [6.45, 7) is -0.0354. The zero-order chi connectivity index (χ0) is 9.94. The van der Waals surface area contributed by atoms with Crippen molar-refractivity contribution in [1.82, 2.24) is 4.98 Å². The lowest BCUT2D eigenvalue weighted by molar-refractivity contribution is -0.137. The Balaban J connectivity index is 0.000000223. The van der Waals surface area contributed by atoms with E-state index in [4.69, 9.17) is 10.2 Å². The molecule has 13 heavy (non-hydrogen) atoms. The summed E-state index contributed by atoms with van der Waals surface area (Å²) >= 11 is 0. The van der Waals surface area contributed by atoms with Crippen LogP contribution in [0.25, 0.3) is 0 Å². The molecule has 0 aliphatic heterocycles. The molecule has 0 unspecified atom stereocenters. The average molecular weight is 183 g/mol. The fourth-order valence-corrected chi connectivity index (χ4v) is 0.543. The minimum Gasteiger partial charge on any atom is -0.481 e. The molecule has 0 fully saturated rings. The van der Waals surface area contributed by atoms with Crippen LogP contribution in [0.1, 0.15) is 12.8 Å². The molecular formula is C9H13NO3. The lowest BCUT2D eigenvalue weighted by Gasteiger charge is -1.85. The van der Waals surface area contributed by atoms with Crippen LogP contribution in [0.4, 0.5) is 0 Å². The average Bonchev–Trinajstić information content (AvgIpc) is 2.18. The molecule has 0 aliphatic carbocycles. The van der Waals surface area contributed by atoms with Crippen LogP contribution in [0, 0.1) is 0 Å². The standard InChI is InChI=1S/C5H5N.C4H8O3/c1-2-4-6-5-3-1;5-3-1-2-4(6)7/h1-5H;5H,1-3H2,(H,6,7). The molecule has 72 valence electrons. The molecule has 0 bridgehead atoms. The maximum atomic E-state index is 9.65. The number of carbonyl (C=O) groups is 1. The quantitative estimate of drug-likeness (QED) is 0.731. The number of pyridine rings is 1. The van der Waals surface area contributed by atoms with E-state index in [1.54, 1.807) is 12.4 Å². The molecule has 0 radical (unpaired) electrons. The van der Waals surface area contributed by atoms with E-state index in [1.807, 2.05) is 18.2 Å². The first kappa shape index (κ1) is 11.6. The number of aliphatic hydroxyl groups is 1. The predicted molar refractivity (Wildman–Crippen MR) is 48.2 cm³/mol. The molecule has 0 atom stereocenters. The largest absolute Gasteiger partial charge is 0.481 e. The summed E-state index contributed by atoms with van der Waals surface area (Å²) in [5, 5.41) is 16.0. The van der Waals surface area contributed by atoms with Crippen molar-refractivity contribution >= 4 is 5.97 Å². The van der Waals surface area contributed by atoms with E-state index < -0.39 is 5.97 Å². The van der Waals surface area contributed by atoms with Crippen LogP contribution in [0.15, 0.2) is 30.6 Å². The van der Waals surface area contributed by atoms with Gasteiger partial charge in [0, 0.05) is 25.4 Å². The summed E-state index contributed by atoms with van der Waals surface area (Å²) in [6, 6.07) is 5.72. The van der Waals surface area contributed by atoms with Gasteiger partial charge in [-0.25, -0.2) is 0 Å². The van der Waals surface area contributed by atoms with Gasteiger partial charge in [-0.2, -0.15) is 0 Å². The van der Waals surface area contributed by atoms with Gasteiger partial charge in [0.1, 0.15) is 0 Å². The summed E-state index contributed by atoms with van der Waals surface area (Å²) in [7, 11) is 0. The van der Waals surface area contributed by atoms with Crippen molar-refractivity contribution in [1.29, 1.82) is 0 Å². The van der Waals surface area contributed by atoms with Gasteiger partial charge in [0.15, 0.2) is 0 Å². The number of aromatic nitrogens is 1. The molecule has 2 N–H and O–H groups in total. The predicted octanol–water partition coefficient (Wildman–Crippen LogP) is 0.925. The van der Waals surface area contributed by atoms with Gasteiger partial charge in [0.25, 0.3) is 0 Å². The van der Waals surface area contributed by atoms with Gasteiger partial charge in [-0.15, -0.1) is 0 Å². The molecule has 0 spiro atoms. The van der Waals surface area contributed by atoms with Crippen molar-refractivity contribution in [3.05, 3.63) is 30.6 Å². The molecule has 1 heterocycles. The highest BCUT2D eigenvalue weighted by Gasteiger charge is 1.91. The van der Waals surface area contributed by atoms with Gasteiger partial charge in [0.05, 0.1) is 0 Å². The second-order valence-electron chi connectivity index (χ2n) is 2.25. The van der Waals surface area contributed by atoms with Crippen molar-refractivity contribution in [2.75, 3.05) is 6.61 Å². The van der Waals surface area contributed by atoms with Crippen molar-refractivity contribution in [3.8, 4) is 0 Å². The molecular weight excluding hydrogens is 170 g/mol. The topological polar surface area (TPSA) is 70.4 Å². The van der Waals surface area contributed by atoms with Crippen LogP contribution in [-0.2, 0) is 4.79 Å². The second-order valence-corrected chi connectivity index (χ2v) is 2.25. The maximum absolute atomic E-state index is 9.65. The fraction of sp³-hybridized carbons (Fsp3) is 0.333. The summed E-state index contributed by atoms with van der Waals surface area (Å²) < 4.78 is 0. The van der Waals surface area contributed by atoms with Gasteiger partial charge in [-0.1, -0.05) is 6.07 Å². The molecule has 4 nitrogen and oxygen atoms in total. The summed E-state index contributed by atoms with van der Waals surface area (Å²) in [4.78, 5) is 13.4. The smallest absolute Gasteiger partial charge is 0.303 e. The Hall–Kier alpha value is -1.42. The highest BCUT2D eigenvalue weighted by molar-refractivity contribution is 5.66. The minimum absolute atomic E-state index is 0.0354. The number of hydrogen-bond acceptors (Lipinski definition) is 3. The second kappa shape index (κ2) is 8.67. The van der Waals surface area contributed by atoms with Crippen molar-refractivity contribution in [3.63, 3.8) is 0 Å². The number of hydrogen-bond donors (Lipinski definition) is 2. The number of aliphatic hydroxyl groups excluding tert-OH is 1. The Labute approximate surface area is 76.9 Å². The first-order chi connectivity index (χ1) is 6.27. The fourth-order valence-electron chi connectivity index (χ4n) is 0.543. The van der Waals surface area contributed by atoms with Gasteiger partial charge < -0.3 is 10.2 Å². The monoisotopic (exact) mass is 183 g/mol. The zero-order valence-corrected chi connectivity index (χ0v) is 7.26. The van der Waals surface area contributed by atoms with Crippen molar-refractivity contribution < 1.29 is 15.0 Å². The Morgan fingerprint density at radius 3 is 2.00 bits per heavy atom. The zero-order valence-electron chi connectivity index (χ0n) is 7.26. The summed E-state index contributed by atoms with van der Waals surface area (Å²) in [6.07, 6.45) is 3.92. The number of aliphatic carboxylic acids is 1. The van der Waals surface area contributed by atoms with Crippen LogP contribution >= 0.6 is 0 Å². The minimum atomic E-state index is -0.853. The number of carboxylic acids is 1. The highest BCUT2D eigenvalue weighted by atomic mass is 16.4. The van der Waals surface area contributed by atoms with Crippen LogP contribution < -0.4 is 0 Å². The number of carboxylic acid groups (broad SMARTS) is 1. The van der Waals surface area contributed by atoms with Crippen LogP contribution in [-0.4, -0.2) is 27.8 Å². The van der Waals surface area contributed by atoms with Gasteiger partial charge in [0.2, 0.25) is 0 Å². The van der Waals surface area contributed by atoms with Crippen molar-refractivity contribution in [2.45, 2.75) is 12.8 Å². The molecule has 0 aliphatic rings. The van der Waals surface area contributed by atoms with E-state index in [0.717, 1.165) is 0 Å².